The van der Waals surface area contributed by atoms with Crippen molar-refractivity contribution in [2.75, 3.05) is 27.2 Å². The lowest BCUT2D eigenvalue weighted by Crippen LogP contribution is -2.37. The maximum absolute atomic E-state index is 5.90. The van der Waals surface area contributed by atoms with Crippen molar-refractivity contribution in [2.24, 2.45) is 4.99 Å². The molecular weight excluding hydrogens is 263 g/mol. The monoisotopic (exact) mass is 276 g/mol. The number of nitrogens with zero attached hydrogens (tertiary/aromatic N) is 2. The van der Waals surface area contributed by atoms with Gasteiger partial charge in [0.25, 0.3) is 0 Å². The average Bonchev–Trinajstić information content (AvgIpc) is 2.32. The topological polar surface area (TPSA) is 58.5 Å². The molecule has 0 aliphatic carbocycles. The van der Waals surface area contributed by atoms with Gasteiger partial charge in [0.2, 0.25) is 5.88 Å². The van der Waals surface area contributed by atoms with Crippen molar-refractivity contribution in [3.63, 3.8) is 0 Å². The highest BCUT2D eigenvalue weighted by molar-refractivity contribution is 6.35. The Labute approximate surface area is 110 Å². The molecular formula is C10H14Cl2N4O. The fourth-order valence-electron chi connectivity index (χ4n) is 1.10. The molecule has 94 valence electrons. The number of pyridine rings is 1. The van der Waals surface area contributed by atoms with Crippen LogP contribution in [0.4, 0.5) is 0 Å². The van der Waals surface area contributed by atoms with Gasteiger partial charge >= 0.3 is 0 Å². The summed E-state index contributed by atoms with van der Waals surface area (Å²) < 4.78 is 5.38. The fraction of sp³-hybridized carbons (Fsp3) is 0.400. The third kappa shape index (κ3) is 4.66. The minimum absolute atomic E-state index is 0.373. The molecule has 0 aromatic carbocycles. The largest absolute Gasteiger partial charge is 0.475 e. The number of nitrogens with one attached hydrogen (secondary N) is 2. The van der Waals surface area contributed by atoms with Gasteiger partial charge in [-0.3, -0.25) is 4.99 Å². The summed E-state index contributed by atoms with van der Waals surface area (Å²) >= 11 is 11.6. The number of aliphatic imine (C=N–C) groups is 1. The van der Waals surface area contributed by atoms with Crippen molar-refractivity contribution >= 4 is 29.2 Å². The maximum atomic E-state index is 5.90. The van der Waals surface area contributed by atoms with Crippen LogP contribution in [0.3, 0.4) is 0 Å². The standard InChI is InChI=1S/C10H14Cl2N4O/c1-13-10(14-2)15-3-4-17-9-8(12)5-7(11)6-16-9/h5-6H,3-4H2,1-2H3,(H2,13,14,15). The second-order valence-corrected chi connectivity index (χ2v) is 3.88. The summed E-state index contributed by atoms with van der Waals surface area (Å²) in [4.78, 5) is 7.94. The third-order valence-electron chi connectivity index (χ3n) is 1.87. The number of aromatic nitrogens is 1. The highest BCUT2D eigenvalue weighted by Gasteiger charge is 2.03. The van der Waals surface area contributed by atoms with Crippen LogP contribution in [0.5, 0.6) is 5.88 Å². The first-order valence-corrected chi connectivity index (χ1v) is 5.75. The molecule has 0 amide bonds. The van der Waals surface area contributed by atoms with Gasteiger partial charge in [-0.15, -0.1) is 0 Å². The molecule has 17 heavy (non-hydrogen) atoms. The molecule has 0 saturated heterocycles. The Hall–Kier alpha value is -1.20. The molecule has 0 fully saturated rings. The minimum Gasteiger partial charge on any atom is -0.475 e. The Balaban J connectivity index is 2.36. The SMILES string of the molecule is CN=C(NC)NCCOc1ncc(Cl)cc1Cl. The molecule has 2 N–H and O–H groups in total. The molecule has 0 radical (unpaired) electrons. The fourth-order valence-corrected chi connectivity index (χ4v) is 1.54. The van der Waals surface area contributed by atoms with Crippen LogP contribution in [-0.4, -0.2) is 38.2 Å². The van der Waals surface area contributed by atoms with Gasteiger partial charge in [0, 0.05) is 20.3 Å². The molecule has 0 saturated carbocycles. The van der Waals surface area contributed by atoms with Gasteiger partial charge in [0.1, 0.15) is 11.6 Å². The smallest absolute Gasteiger partial charge is 0.232 e. The zero-order valence-electron chi connectivity index (χ0n) is 9.63. The molecule has 1 rings (SSSR count). The second-order valence-electron chi connectivity index (χ2n) is 3.04. The van der Waals surface area contributed by atoms with Crippen LogP contribution in [0.15, 0.2) is 17.3 Å². The predicted octanol–water partition coefficient (Wildman–Crippen LogP) is 1.56. The van der Waals surface area contributed by atoms with Crippen molar-refractivity contribution in [3.05, 3.63) is 22.3 Å². The average molecular weight is 277 g/mol. The van der Waals surface area contributed by atoms with E-state index in [9.17, 15) is 0 Å². The Kier molecular flexibility index (Phi) is 5.86. The molecule has 1 aromatic rings. The van der Waals surface area contributed by atoms with Crippen LogP contribution in [0.25, 0.3) is 0 Å². The number of hydrogen-bond acceptors (Lipinski definition) is 3. The van der Waals surface area contributed by atoms with Gasteiger partial charge < -0.3 is 15.4 Å². The van der Waals surface area contributed by atoms with Crippen molar-refractivity contribution in [2.45, 2.75) is 0 Å². The number of hydrogen-bond donors (Lipinski definition) is 2. The summed E-state index contributed by atoms with van der Waals surface area (Å²) in [5, 5.41) is 6.81. The van der Waals surface area contributed by atoms with E-state index in [1.165, 1.54) is 6.20 Å². The van der Waals surface area contributed by atoms with Gasteiger partial charge in [0.15, 0.2) is 5.96 Å². The van der Waals surface area contributed by atoms with E-state index in [-0.39, 0.29) is 0 Å². The van der Waals surface area contributed by atoms with Crippen LogP contribution >= 0.6 is 23.2 Å². The summed E-state index contributed by atoms with van der Waals surface area (Å²) in [6.07, 6.45) is 1.49. The second kappa shape index (κ2) is 7.19. The summed E-state index contributed by atoms with van der Waals surface area (Å²) in [6, 6.07) is 1.59. The molecule has 5 nitrogen and oxygen atoms in total. The number of halogens is 2. The van der Waals surface area contributed by atoms with Crippen molar-refractivity contribution in [1.29, 1.82) is 0 Å². The van der Waals surface area contributed by atoms with E-state index in [0.29, 0.717) is 35.0 Å². The van der Waals surface area contributed by atoms with Crippen LogP contribution < -0.4 is 15.4 Å². The summed E-state index contributed by atoms with van der Waals surface area (Å²) in [6.45, 7) is 1.02. The van der Waals surface area contributed by atoms with E-state index in [0.717, 1.165) is 0 Å². The molecule has 0 bridgehead atoms. The molecule has 0 aliphatic rings. The van der Waals surface area contributed by atoms with Crippen LogP contribution in [0.1, 0.15) is 0 Å². The molecule has 0 spiro atoms. The first-order valence-electron chi connectivity index (χ1n) is 4.99. The van der Waals surface area contributed by atoms with Crippen molar-refractivity contribution < 1.29 is 4.74 Å². The van der Waals surface area contributed by atoms with Crippen molar-refractivity contribution in [1.82, 2.24) is 15.6 Å². The molecule has 7 heteroatoms. The van der Waals surface area contributed by atoms with Gasteiger partial charge in [-0.1, -0.05) is 23.2 Å². The number of rotatable bonds is 4. The van der Waals surface area contributed by atoms with Crippen LogP contribution in [0, 0.1) is 0 Å². The quantitative estimate of drug-likeness (QED) is 0.498. The zero-order valence-corrected chi connectivity index (χ0v) is 11.1. The van der Waals surface area contributed by atoms with Gasteiger partial charge in [0.05, 0.1) is 11.6 Å². The Morgan fingerprint density at radius 2 is 2.29 bits per heavy atom. The number of ether oxygens (including phenoxy) is 1. The van der Waals surface area contributed by atoms with E-state index < -0.39 is 0 Å². The highest BCUT2D eigenvalue weighted by atomic mass is 35.5. The normalized spacial score (nSPS) is 11.2. The molecule has 0 unspecified atom stereocenters. The molecule has 1 heterocycles. The van der Waals surface area contributed by atoms with E-state index in [4.69, 9.17) is 27.9 Å². The predicted molar refractivity (Wildman–Crippen MR) is 70.2 cm³/mol. The van der Waals surface area contributed by atoms with E-state index in [1.807, 2.05) is 0 Å². The lowest BCUT2D eigenvalue weighted by molar-refractivity contribution is 0.310. The Bertz CT molecular complexity index is 398. The Morgan fingerprint density at radius 3 is 2.88 bits per heavy atom. The summed E-state index contributed by atoms with van der Waals surface area (Å²) in [7, 11) is 3.48. The van der Waals surface area contributed by atoms with Crippen LogP contribution in [0.2, 0.25) is 10.0 Å². The zero-order chi connectivity index (χ0) is 12.7. The summed E-state index contributed by atoms with van der Waals surface area (Å²) in [5.41, 5.74) is 0. The summed E-state index contributed by atoms with van der Waals surface area (Å²) in [5.74, 6) is 1.07. The molecule has 0 atom stereocenters. The van der Waals surface area contributed by atoms with Gasteiger partial charge in [-0.05, 0) is 6.07 Å². The van der Waals surface area contributed by atoms with E-state index in [1.54, 1.807) is 20.2 Å². The van der Waals surface area contributed by atoms with Crippen LogP contribution in [-0.2, 0) is 0 Å². The van der Waals surface area contributed by atoms with Gasteiger partial charge in [-0.25, -0.2) is 4.98 Å². The first-order chi connectivity index (χ1) is 8.17. The lowest BCUT2D eigenvalue weighted by atomic mass is 10.5. The van der Waals surface area contributed by atoms with Crippen molar-refractivity contribution in [3.8, 4) is 5.88 Å². The number of guanidine groups is 1. The first kappa shape index (κ1) is 13.9. The Morgan fingerprint density at radius 1 is 1.53 bits per heavy atom. The minimum atomic E-state index is 0.373. The maximum Gasteiger partial charge on any atom is 0.232 e. The lowest BCUT2D eigenvalue weighted by Gasteiger charge is -2.10. The third-order valence-corrected chi connectivity index (χ3v) is 2.35. The molecule has 0 aliphatic heterocycles. The highest BCUT2D eigenvalue weighted by Crippen LogP contribution is 2.24. The van der Waals surface area contributed by atoms with Gasteiger partial charge in [-0.2, -0.15) is 0 Å². The van der Waals surface area contributed by atoms with E-state index >= 15 is 0 Å². The molecule has 1 aromatic heterocycles. The van der Waals surface area contributed by atoms with E-state index in [2.05, 4.69) is 20.6 Å².